The molecule has 0 aromatic heterocycles. The van der Waals surface area contributed by atoms with Gasteiger partial charge in [-0.1, -0.05) is 30.3 Å². The third-order valence-electron chi connectivity index (χ3n) is 3.86. The van der Waals surface area contributed by atoms with Gasteiger partial charge in [0.2, 0.25) is 10.0 Å². The van der Waals surface area contributed by atoms with Crippen molar-refractivity contribution in [2.45, 2.75) is 11.3 Å². The molecule has 0 saturated heterocycles. The third kappa shape index (κ3) is 4.57. The van der Waals surface area contributed by atoms with Crippen LogP contribution in [-0.2, 0) is 16.4 Å². The second-order valence-electron chi connectivity index (χ2n) is 5.52. The fraction of sp³-hybridized carbons (Fsp3) is 0.294. The molecule has 0 aliphatic carbocycles. The van der Waals surface area contributed by atoms with E-state index in [1.54, 1.807) is 0 Å². The molecule has 0 heterocycles. The zero-order chi connectivity index (χ0) is 19.2. The Morgan fingerprint density at radius 1 is 1.15 bits per heavy atom. The molecule has 0 bridgehead atoms. The first-order valence-corrected chi connectivity index (χ1v) is 9.40. The number of hydrogen-bond acceptors (Lipinski definition) is 6. The van der Waals surface area contributed by atoms with Crippen molar-refractivity contribution in [3.63, 3.8) is 0 Å². The van der Waals surface area contributed by atoms with Gasteiger partial charge in [-0.15, -0.1) is 0 Å². The van der Waals surface area contributed by atoms with Crippen LogP contribution in [0.5, 0.6) is 5.75 Å². The SMILES string of the molecule is COc1cc(S(=O)(=O)N(CCN)CCc2ccccc2)ccc1[N+](=O)[O-]. The second-order valence-corrected chi connectivity index (χ2v) is 7.46. The van der Waals surface area contributed by atoms with Crippen molar-refractivity contribution in [1.82, 2.24) is 4.31 Å². The molecule has 140 valence electrons. The predicted molar refractivity (Wildman–Crippen MR) is 97.6 cm³/mol. The summed E-state index contributed by atoms with van der Waals surface area (Å²) in [6, 6.07) is 13.0. The van der Waals surface area contributed by atoms with E-state index in [1.165, 1.54) is 23.5 Å². The highest BCUT2D eigenvalue weighted by Crippen LogP contribution is 2.30. The summed E-state index contributed by atoms with van der Waals surface area (Å²) < 4.78 is 32.1. The molecule has 8 nitrogen and oxygen atoms in total. The zero-order valence-corrected chi connectivity index (χ0v) is 15.2. The Bertz CT molecular complexity index is 856. The van der Waals surface area contributed by atoms with E-state index < -0.39 is 14.9 Å². The van der Waals surface area contributed by atoms with Crippen LogP contribution in [0.15, 0.2) is 53.4 Å². The Hall–Kier alpha value is -2.49. The summed E-state index contributed by atoms with van der Waals surface area (Å²) in [5.41, 5.74) is 6.29. The van der Waals surface area contributed by atoms with Crippen molar-refractivity contribution >= 4 is 15.7 Å². The molecule has 0 atom stereocenters. The Morgan fingerprint density at radius 2 is 1.85 bits per heavy atom. The number of nitro groups is 1. The van der Waals surface area contributed by atoms with Crippen LogP contribution in [0.2, 0.25) is 0 Å². The summed E-state index contributed by atoms with van der Waals surface area (Å²) in [7, 11) is -2.60. The van der Waals surface area contributed by atoms with Gasteiger partial charge in [0, 0.05) is 31.8 Å². The minimum atomic E-state index is -3.86. The topological polar surface area (TPSA) is 116 Å². The van der Waals surface area contributed by atoms with Gasteiger partial charge in [-0.25, -0.2) is 8.42 Å². The average Bonchev–Trinajstić information content (AvgIpc) is 2.65. The summed E-state index contributed by atoms with van der Waals surface area (Å²) in [6.45, 7) is 0.565. The summed E-state index contributed by atoms with van der Waals surface area (Å²) in [5.74, 6) is -0.105. The monoisotopic (exact) mass is 379 g/mol. The normalized spacial score (nSPS) is 11.5. The van der Waals surface area contributed by atoms with E-state index in [0.29, 0.717) is 6.42 Å². The number of sulfonamides is 1. The summed E-state index contributed by atoms with van der Waals surface area (Å²) in [6.07, 6.45) is 0.532. The average molecular weight is 379 g/mol. The number of ether oxygens (including phenoxy) is 1. The van der Waals surface area contributed by atoms with Crippen molar-refractivity contribution in [2.24, 2.45) is 5.73 Å². The molecule has 0 aliphatic rings. The van der Waals surface area contributed by atoms with Gasteiger partial charge in [0.15, 0.2) is 5.75 Å². The van der Waals surface area contributed by atoms with Crippen molar-refractivity contribution < 1.29 is 18.1 Å². The van der Waals surface area contributed by atoms with Gasteiger partial charge >= 0.3 is 5.69 Å². The van der Waals surface area contributed by atoms with Crippen LogP contribution in [0.4, 0.5) is 5.69 Å². The maximum Gasteiger partial charge on any atom is 0.310 e. The van der Waals surface area contributed by atoms with Crippen molar-refractivity contribution in [3.05, 3.63) is 64.2 Å². The molecule has 0 aliphatic heterocycles. The molecule has 2 aromatic rings. The summed E-state index contributed by atoms with van der Waals surface area (Å²) in [5, 5.41) is 11.0. The summed E-state index contributed by atoms with van der Waals surface area (Å²) in [4.78, 5) is 10.3. The fourth-order valence-corrected chi connectivity index (χ4v) is 3.98. The first-order chi connectivity index (χ1) is 12.4. The smallest absolute Gasteiger partial charge is 0.310 e. The standard InChI is InChI=1S/C17H21N3O5S/c1-25-17-13-15(7-8-16(17)20(21)22)26(23,24)19(12-10-18)11-9-14-5-3-2-4-6-14/h2-8,13H,9-12,18H2,1H3. The first kappa shape index (κ1) is 19.8. The fourth-order valence-electron chi connectivity index (χ4n) is 2.51. The van der Waals surface area contributed by atoms with Crippen LogP contribution in [0.25, 0.3) is 0 Å². The van der Waals surface area contributed by atoms with E-state index in [1.807, 2.05) is 30.3 Å². The highest BCUT2D eigenvalue weighted by Gasteiger charge is 2.26. The largest absolute Gasteiger partial charge is 0.490 e. The van der Waals surface area contributed by atoms with Crippen LogP contribution >= 0.6 is 0 Å². The second kappa shape index (κ2) is 8.75. The predicted octanol–water partition coefficient (Wildman–Crippen LogP) is 1.80. The minimum absolute atomic E-state index is 0.0681. The number of benzene rings is 2. The van der Waals surface area contributed by atoms with E-state index in [-0.39, 0.29) is 36.0 Å². The van der Waals surface area contributed by atoms with E-state index in [0.717, 1.165) is 11.6 Å². The van der Waals surface area contributed by atoms with Crippen molar-refractivity contribution in [2.75, 3.05) is 26.7 Å². The highest BCUT2D eigenvalue weighted by atomic mass is 32.2. The molecule has 0 radical (unpaired) electrons. The number of nitrogens with two attached hydrogens (primary N) is 1. The van der Waals surface area contributed by atoms with E-state index in [9.17, 15) is 18.5 Å². The number of methoxy groups -OCH3 is 1. The number of rotatable bonds is 9. The molecule has 0 spiro atoms. The van der Waals surface area contributed by atoms with E-state index >= 15 is 0 Å². The van der Waals surface area contributed by atoms with Crippen LogP contribution in [0.3, 0.4) is 0 Å². The van der Waals surface area contributed by atoms with Gasteiger partial charge in [0.25, 0.3) is 0 Å². The van der Waals surface area contributed by atoms with E-state index in [2.05, 4.69) is 0 Å². The van der Waals surface area contributed by atoms with Gasteiger partial charge < -0.3 is 10.5 Å². The number of hydrogen-bond donors (Lipinski definition) is 1. The minimum Gasteiger partial charge on any atom is -0.490 e. The van der Waals surface area contributed by atoms with Crippen LogP contribution in [0, 0.1) is 10.1 Å². The molecular weight excluding hydrogens is 358 g/mol. The van der Waals surface area contributed by atoms with Crippen LogP contribution in [0.1, 0.15) is 5.56 Å². The van der Waals surface area contributed by atoms with Gasteiger partial charge in [0.05, 0.1) is 16.9 Å². The maximum absolute atomic E-state index is 12.9. The molecule has 0 fully saturated rings. The third-order valence-corrected chi connectivity index (χ3v) is 5.75. The van der Waals surface area contributed by atoms with E-state index in [4.69, 9.17) is 10.5 Å². The summed E-state index contributed by atoms with van der Waals surface area (Å²) >= 11 is 0. The van der Waals surface area contributed by atoms with Gasteiger partial charge in [-0.3, -0.25) is 10.1 Å². The molecule has 26 heavy (non-hydrogen) atoms. The van der Waals surface area contributed by atoms with Gasteiger partial charge in [-0.2, -0.15) is 4.31 Å². The highest BCUT2D eigenvalue weighted by molar-refractivity contribution is 7.89. The molecular formula is C17H21N3O5S. The lowest BCUT2D eigenvalue weighted by Gasteiger charge is -2.22. The molecule has 2 N–H and O–H groups in total. The first-order valence-electron chi connectivity index (χ1n) is 7.96. The van der Waals surface area contributed by atoms with Crippen LogP contribution < -0.4 is 10.5 Å². The Labute approximate surface area is 152 Å². The zero-order valence-electron chi connectivity index (χ0n) is 14.4. The van der Waals surface area contributed by atoms with Gasteiger partial charge in [-0.05, 0) is 18.1 Å². The van der Waals surface area contributed by atoms with Gasteiger partial charge in [0.1, 0.15) is 0 Å². The molecule has 2 aromatic carbocycles. The number of nitrogens with zero attached hydrogens (tertiary/aromatic N) is 2. The molecule has 2 rings (SSSR count). The Kier molecular flexibility index (Phi) is 6.67. The van der Waals surface area contributed by atoms with Crippen molar-refractivity contribution in [1.29, 1.82) is 0 Å². The maximum atomic E-state index is 12.9. The number of nitro benzene ring substituents is 1. The Morgan fingerprint density at radius 3 is 2.42 bits per heavy atom. The lowest BCUT2D eigenvalue weighted by molar-refractivity contribution is -0.385. The lowest BCUT2D eigenvalue weighted by atomic mass is 10.1. The van der Waals surface area contributed by atoms with Crippen LogP contribution in [-0.4, -0.2) is 44.4 Å². The molecule has 9 heteroatoms. The quantitative estimate of drug-likeness (QED) is 0.524. The lowest BCUT2D eigenvalue weighted by Crippen LogP contribution is -2.37. The Balaban J connectivity index is 2.30. The molecule has 0 unspecified atom stereocenters. The van der Waals surface area contributed by atoms with Crippen molar-refractivity contribution in [3.8, 4) is 5.75 Å². The molecule has 0 saturated carbocycles. The molecule has 0 amide bonds.